The zero-order valence-corrected chi connectivity index (χ0v) is 13.1. The van der Waals surface area contributed by atoms with Crippen molar-refractivity contribution in [2.45, 2.75) is 82.6 Å². The molecule has 1 fully saturated rings. The fraction of sp³-hybridized carbons (Fsp3) is 0.684. The normalized spacial score (nSPS) is 19.7. The van der Waals surface area contributed by atoms with Crippen LogP contribution in [0.5, 0.6) is 0 Å². The number of hydrogen-bond acceptors (Lipinski definition) is 1. The number of rotatable bonds is 7. The van der Waals surface area contributed by atoms with Crippen LogP contribution in [0, 0.1) is 0 Å². The molecule has 1 saturated carbocycles. The van der Waals surface area contributed by atoms with Crippen LogP contribution in [-0.4, -0.2) is 6.04 Å². The third-order valence-corrected chi connectivity index (χ3v) is 5.17. The van der Waals surface area contributed by atoms with Crippen LogP contribution < -0.4 is 5.73 Å². The number of hydrogen-bond donors (Lipinski definition) is 1. The molecule has 112 valence electrons. The van der Waals surface area contributed by atoms with Gasteiger partial charge in [-0.05, 0) is 24.8 Å². The van der Waals surface area contributed by atoms with Crippen molar-refractivity contribution in [3.05, 3.63) is 35.9 Å². The summed E-state index contributed by atoms with van der Waals surface area (Å²) in [5, 5.41) is 0. The number of nitrogens with two attached hydrogens (primary N) is 1. The molecule has 1 atom stereocenters. The van der Waals surface area contributed by atoms with E-state index < -0.39 is 0 Å². The number of unbranched alkanes of at least 4 members (excludes halogenated alkanes) is 3. The third kappa shape index (κ3) is 3.63. The molecule has 1 unspecified atom stereocenters. The van der Waals surface area contributed by atoms with E-state index in [2.05, 4.69) is 37.3 Å². The summed E-state index contributed by atoms with van der Waals surface area (Å²) < 4.78 is 0. The first-order valence-corrected chi connectivity index (χ1v) is 8.61. The molecule has 0 aliphatic heterocycles. The standard InChI is InChI=1S/C19H31N/c1-2-3-4-9-14-18(20)19(15-10-6-11-16-19)17-12-7-5-8-13-17/h5,7-8,12-13,18H,2-4,6,9-11,14-16,20H2,1H3. The molecule has 1 aromatic rings. The Hall–Kier alpha value is -0.820. The molecule has 2 N–H and O–H groups in total. The van der Waals surface area contributed by atoms with Crippen LogP contribution in [-0.2, 0) is 5.41 Å². The lowest BCUT2D eigenvalue weighted by atomic mass is 9.64. The van der Waals surface area contributed by atoms with Crippen molar-refractivity contribution in [2.75, 3.05) is 0 Å². The molecule has 1 nitrogen and oxygen atoms in total. The van der Waals surface area contributed by atoms with Crippen molar-refractivity contribution < 1.29 is 0 Å². The van der Waals surface area contributed by atoms with Crippen LogP contribution in [0.25, 0.3) is 0 Å². The molecule has 0 spiro atoms. The van der Waals surface area contributed by atoms with Crippen LogP contribution in [0.15, 0.2) is 30.3 Å². The summed E-state index contributed by atoms with van der Waals surface area (Å²) in [4.78, 5) is 0. The first-order valence-electron chi connectivity index (χ1n) is 8.61. The fourth-order valence-corrected chi connectivity index (χ4v) is 3.89. The largest absolute Gasteiger partial charge is 0.327 e. The smallest absolute Gasteiger partial charge is 0.0136 e. The molecule has 2 rings (SSSR count). The van der Waals surface area contributed by atoms with Gasteiger partial charge in [-0.15, -0.1) is 0 Å². The average molecular weight is 273 g/mol. The summed E-state index contributed by atoms with van der Waals surface area (Å²) in [7, 11) is 0. The van der Waals surface area contributed by atoms with E-state index >= 15 is 0 Å². The van der Waals surface area contributed by atoms with Gasteiger partial charge in [0, 0.05) is 11.5 Å². The van der Waals surface area contributed by atoms with Crippen molar-refractivity contribution in [3.63, 3.8) is 0 Å². The first kappa shape index (κ1) is 15.6. The van der Waals surface area contributed by atoms with Gasteiger partial charge in [-0.25, -0.2) is 0 Å². The molecule has 1 heteroatoms. The minimum absolute atomic E-state index is 0.256. The molecule has 0 heterocycles. The average Bonchev–Trinajstić information content (AvgIpc) is 2.53. The maximum atomic E-state index is 6.70. The van der Waals surface area contributed by atoms with E-state index in [1.165, 1.54) is 69.8 Å². The van der Waals surface area contributed by atoms with Gasteiger partial charge < -0.3 is 5.73 Å². The lowest BCUT2D eigenvalue weighted by Gasteiger charge is -2.43. The van der Waals surface area contributed by atoms with E-state index in [0.717, 1.165) is 0 Å². The van der Waals surface area contributed by atoms with Gasteiger partial charge in [-0.1, -0.05) is 82.2 Å². The molecule has 0 amide bonds. The van der Waals surface area contributed by atoms with Crippen LogP contribution in [0.4, 0.5) is 0 Å². The predicted molar refractivity (Wildman–Crippen MR) is 87.9 cm³/mol. The Morgan fingerprint density at radius 3 is 2.35 bits per heavy atom. The predicted octanol–water partition coefficient (Wildman–Crippen LogP) is 5.19. The Morgan fingerprint density at radius 1 is 1.00 bits per heavy atom. The van der Waals surface area contributed by atoms with Gasteiger partial charge in [0.25, 0.3) is 0 Å². The second kappa shape index (κ2) is 7.83. The summed E-state index contributed by atoms with van der Waals surface area (Å²) in [6.07, 6.45) is 13.1. The summed E-state index contributed by atoms with van der Waals surface area (Å²) in [5.41, 5.74) is 8.44. The van der Waals surface area contributed by atoms with E-state index in [0.29, 0.717) is 6.04 Å². The Morgan fingerprint density at radius 2 is 1.70 bits per heavy atom. The molecule has 0 saturated heterocycles. The molecule has 1 aliphatic rings. The molecule has 20 heavy (non-hydrogen) atoms. The van der Waals surface area contributed by atoms with E-state index in [4.69, 9.17) is 5.73 Å². The fourth-order valence-electron chi connectivity index (χ4n) is 3.89. The third-order valence-electron chi connectivity index (χ3n) is 5.17. The Balaban J connectivity index is 2.06. The van der Waals surface area contributed by atoms with Crippen LogP contribution in [0.3, 0.4) is 0 Å². The molecular formula is C19H31N. The van der Waals surface area contributed by atoms with E-state index in [1.807, 2.05) is 0 Å². The number of benzene rings is 1. The Kier molecular flexibility index (Phi) is 6.09. The highest BCUT2D eigenvalue weighted by molar-refractivity contribution is 5.28. The zero-order chi connectivity index (χ0) is 14.3. The molecule has 0 aromatic heterocycles. The lowest BCUT2D eigenvalue weighted by Crippen LogP contribution is -2.46. The van der Waals surface area contributed by atoms with Crippen molar-refractivity contribution in [3.8, 4) is 0 Å². The van der Waals surface area contributed by atoms with Crippen LogP contribution in [0.2, 0.25) is 0 Å². The SMILES string of the molecule is CCCCCCC(N)C1(c2ccccc2)CCCCC1. The van der Waals surface area contributed by atoms with E-state index in [-0.39, 0.29) is 5.41 Å². The summed E-state index contributed by atoms with van der Waals surface area (Å²) in [6, 6.07) is 11.4. The van der Waals surface area contributed by atoms with Crippen LogP contribution >= 0.6 is 0 Å². The zero-order valence-electron chi connectivity index (χ0n) is 13.1. The maximum absolute atomic E-state index is 6.70. The summed E-state index contributed by atoms with van der Waals surface area (Å²) in [6.45, 7) is 2.27. The van der Waals surface area contributed by atoms with Crippen molar-refractivity contribution in [1.82, 2.24) is 0 Å². The topological polar surface area (TPSA) is 26.0 Å². The highest BCUT2D eigenvalue weighted by atomic mass is 14.7. The summed E-state index contributed by atoms with van der Waals surface area (Å²) in [5.74, 6) is 0. The second-order valence-corrected chi connectivity index (χ2v) is 6.54. The second-order valence-electron chi connectivity index (χ2n) is 6.54. The van der Waals surface area contributed by atoms with Gasteiger partial charge in [-0.2, -0.15) is 0 Å². The lowest BCUT2D eigenvalue weighted by molar-refractivity contribution is 0.231. The molecular weight excluding hydrogens is 242 g/mol. The van der Waals surface area contributed by atoms with Crippen LogP contribution in [0.1, 0.15) is 76.7 Å². The highest BCUT2D eigenvalue weighted by Gasteiger charge is 2.38. The van der Waals surface area contributed by atoms with Gasteiger partial charge >= 0.3 is 0 Å². The maximum Gasteiger partial charge on any atom is 0.0136 e. The summed E-state index contributed by atoms with van der Waals surface area (Å²) >= 11 is 0. The minimum Gasteiger partial charge on any atom is -0.327 e. The molecule has 1 aromatic carbocycles. The highest BCUT2D eigenvalue weighted by Crippen LogP contribution is 2.42. The Bertz CT molecular complexity index is 365. The molecule has 1 aliphatic carbocycles. The van der Waals surface area contributed by atoms with Gasteiger partial charge in [0.15, 0.2) is 0 Å². The monoisotopic (exact) mass is 273 g/mol. The van der Waals surface area contributed by atoms with Crippen molar-refractivity contribution >= 4 is 0 Å². The molecule has 0 bridgehead atoms. The van der Waals surface area contributed by atoms with E-state index in [1.54, 1.807) is 0 Å². The van der Waals surface area contributed by atoms with Gasteiger partial charge in [-0.3, -0.25) is 0 Å². The first-order chi connectivity index (χ1) is 9.79. The van der Waals surface area contributed by atoms with Gasteiger partial charge in [0.05, 0.1) is 0 Å². The van der Waals surface area contributed by atoms with Gasteiger partial charge in [0.2, 0.25) is 0 Å². The van der Waals surface area contributed by atoms with Crippen molar-refractivity contribution in [1.29, 1.82) is 0 Å². The van der Waals surface area contributed by atoms with E-state index in [9.17, 15) is 0 Å². The van der Waals surface area contributed by atoms with Crippen molar-refractivity contribution in [2.24, 2.45) is 5.73 Å². The molecule has 0 radical (unpaired) electrons. The quantitative estimate of drug-likeness (QED) is 0.680. The Labute approximate surface area is 125 Å². The van der Waals surface area contributed by atoms with Gasteiger partial charge in [0.1, 0.15) is 0 Å². The minimum atomic E-state index is 0.256.